The molecule has 24 heavy (non-hydrogen) atoms. The lowest BCUT2D eigenvalue weighted by Crippen LogP contribution is -2.44. The maximum atomic E-state index is 11.0. The predicted octanol–water partition coefficient (Wildman–Crippen LogP) is 4.80. The zero-order valence-electron chi connectivity index (χ0n) is 15.1. The topological polar surface area (TPSA) is 40.5 Å². The van der Waals surface area contributed by atoms with Crippen molar-refractivity contribution in [2.75, 3.05) is 0 Å². The van der Waals surface area contributed by atoms with Crippen LogP contribution in [0.4, 0.5) is 0 Å². The average Bonchev–Trinajstić information content (AvgIpc) is 2.78. The van der Waals surface area contributed by atoms with E-state index in [0.717, 1.165) is 19.3 Å². The molecule has 2 N–H and O–H groups in total. The lowest BCUT2D eigenvalue weighted by atomic mass is 9.55. The Bertz CT molecular complexity index is 675. The molecule has 2 saturated carbocycles. The molecule has 5 unspecified atom stereocenters. The van der Waals surface area contributed by atoms with Crippen LogP contribution in [-0.4, -0.2) is 16.3 Å². The Kier molecular flexibility index (Phi) is 3.80. The molecule has 3 aliphatic rings. The van der Waals surface area contributed by atoms with Crippen LogP contribution in [-0.2, 0) is 6.42 Å². The van der Waals surface area contributed by atoms with Gasteiger partial charge in [0.05, 0.1) is 6.10 Å². The molecule has 0 bridgehead atoms. The van der Waals surface area contributed by atoms with Crippen LogP contribution in [0.15, 0.2) is 29.8 Å². The fourth-order valence-electron chi connectivity index (χ4n) is 6.02. The molecule has 1 aromatic rings. The SMILES string of the molecule is CC(C)C=C1CC2C3CCc4cc(O)ccc4C3CCC2(C)C1O. The summed E-state index contributed by atoms with van der Waals surface area (Å²) in [6.45, 7) is 6.73. The highest BCUT2D eigenvalue weighted by molar-refractivity contribution is 5.40. The van der Waals surface area contributed by atoms with Crippen LogP contribution in [0.5, 0.6) is 5.75 Å². The second-order valence-corrected chi connectivity index (χ2v) is 8.94. The minimum Gasteiger partial charge on any atom is -0.508 e. The molecular weight excluding hydrogens is 296 g/mol. The van der Waals surface area contributed by atoms with Crippen LogP contribution in [0.3, 0.4) is 0 Å². The summed E-state index contributed by atoms with van der Waals surface area (Å²) in [4.78, 5) is 0. The summed E-state index contributed by atoms with van der Waals surface area (Å²) in [5.74, 6) is 2.78. The summed E-state index contributed by atoms with van der Waals surface area (Å²) in [5.41, 5.74) is 4.14. The van der Waals surface area contributed by atoms with E-state index in [0.29, 0.717) is 29.4 Å². The van der Waals surface area contributed by atoms with Gasteiger partial charge in [-0.3, -0.25) is 0 Å². The van der Waals surface area contributed by atoms with E-state index in [1.165, 1.54) is 29.5 Å². The fourth-order valence-corrected chi connectivity index (χ4v) is 6.02. The number of phenolic OH excluding ortho intramolecular Hbond substituents is 1. The van der Waals surface area contributed by atoms with Gasteiger partial charge in [0, 0.05) is 5.41 Å². The molecule has 0 spiro atoms. The smallest absolute Gasteiger partial charge is 0.115 e. The molecule has 130 valence electrons. The molecule has 4 rings (SSSR count). The molecular formula is C22H30O2. The van der Waals surface area contributed by atoms with Crippen LogP contribution < -0.4 is 0 Å². The highest BCUT2D eigenvalue weighted by Crippen LogP contribution is 2.62. The summed E-state index contributed by atoms with van der Waals surface area (Å²) in [6.07, 6.45) is 7.66. The van der Waals surface area contributed by atoms with Crippen molar-refractivity contribution in [2.24, 2.45) is 23.2 Å². The Morgan fingerprint density at radius 3 is 2.79 bits per heavy atom. The lowest BCUT2D eigenvalue weighted by molar-refractivity contribution is -0.0161. The third-order valence-electron chi connectivity index (χ3n) is 7.13. The van der Waals surface area contributed by atoms with Gasteiger partial charge in [-0.15, -0.1) is 0 Å². The van der Waals surface area contributed by atoms with Crippen molar-refractivity contribution >= 4 is 0 Å². The van der Waals surface area contributed by atoms with Gasteiger partial charge in [-0.1, -0.05) is 32.9 Å². The number of phenols is 1. The van der Waals surface area contributed by atoms with Crippen molar-refractivity contribution in [2.45, 2.75) is 64.9 Å². The molecule has 0 aliphatic heterocycles. The predicted molar refractivity (Wildman–Crippen MR) is 97.0 cm³/mol. The van der Waals surface area contributed by atoms with Gasteiger partial charge in [0.2, 0.25) is 0 Å². The van der Waals surface area contributed by atoms with Crippen LogP contribution in [0.25, 0.3) is 0 Å². The first-order valence-corrected chi connectivity index (χ1v) is 9.60. The maximum Gasteiger partial charge on any atom is 0.115 e. The van der Waals surface area contributed by atoms with Crippen molar-refractivity contribution in [3.05, 3.63) is 41.0 Å². The summed E-state index contributed by atoms with van der Waals surface area (Å²) in [6, 6.07) is 5.97. The van der Waals surface area contributed by atoms with E-state index >= 15 is 0 Å². The monoisotopic (exact) mass is 326 g/mol. The standard InChI is InChI=1S/C22H30O2/c1-13(2)10-15-12-20-19-6-4-14-11-16(23)5-7-17(14)18(19)8-9-22(20,3)21(15)24/h5,7,10-11,13,18-21,23-24H,4,6,8-9,12H2,1-3H3. The number of allylic oxidation sites excluding steroid dienone is 1. The highest BCUT2D eigenvalue weighted by atomic mass is 16.3. The number of hydrogen-bond donors (Lipinski definition) is 2. The Morgan fingerprint density at radius 1 is 1.25 bits per heavy atom. The molecule has 2 nitrogen and oxygen atoms in total. The van der Waals surface area contributed by atoms with E-state index < -0.39 is 0 Å². The number of hydrogen-bond acceptors (Lipinski definition) is 2. The Hall–Kier alpha value is -1.28. The molecule has 0 heterocycles. The molecule has 0 radical (unpaired) electrons. The minimum absolute atomic E-state index is 0.0519. The molecule has 0 aromatic heterocycles. The maximum absolute atomic E-state index is 11.0. The lowest BCUT2D eigenvalue weighted by Gasteiger charge is -2.49. The van der Waals surface area contributed by atoms with E-state index in [2.05, 4.69) is 32.9 Å². The normalized spacial score (nSPS) is 39.6. The van der Waals surface area contributed by atoms with Crippen LogP contribution in [0.1, 0.15) is 63.5 Å². The molecule has 0 amide bonds. The van der Waals surface area contributed by atoms with Gasteiger partial charge >= 0.3 is 0 Å². The van der Waals surface area contributed by atoms with Crippen molar-refractivity contribution in [3.8, 4) is 5.75 Å². The summed E-state index contributed by atoms with van der Waals surface area (Å²) < 4.78 is 0. The van der Waals surface area contributed by atoms with Gasteiger partial charge in [0.25, 0.3) is 0 Å². The van der Waals surface area contributed by atoms with E-state index in [1.807, 2.05) is 12.1 Å². The highest BCUT2D eigenvalue weighted by Gasteiger charge is 2.56. The van der Waals surface area contributed by atoms with Crippen molar-refractivity contribution in [3.63, 3.8) is 0 Å². The fraction of sp³-hybridized carbons (Fsp3) is 0.636. The number of aliphatic hydroxyl groups is 1. The van der Waals surface area contributed by atoms with Gasteiger partial charge in [-0.25, -0.2) is 0 Å². The number of aryl methyl sites for hydroxylation is 1. The third-order valence-corrected chi connectivity index (χ3v) is 7.13. The molecule has 3 aliphatic carbocycles. The second kappa shape index (κ2) is 5.62. The number of aromatic hydroxyl groups is 1. The second-order valence-electron chi connectivity index (χ2n) is 8.94. The first kappa shape index (κ1) is 16.2. The van der Waals surface area contributed by atoms with Gasteiger partial charge in [0.15, 0.2) is 0 Å². The van der Waals surface area contributed by atoms with Crippen molar-refractivity contribution in [1.82, 2.24) is 0 Å². The Balaban J connectivity index is 1.69. The Morgan fingerprint density at radius 2 is 2.04 bits per heavy atom. The number of benzene rings is 1. The third kappa shape index (κ3) is 2.34. The van der Waals surface area contributed by atoms with E-state index in [4.69, 9.17) is 0 Å². The molecule has 5 atom stereocenters. The first-order valence-electron chi connectivity index (χ1n) is 9.60. The zero-order chi connectivity index (χ0) is 17.1. The van der Waals surface area contributed by atoms with E-state index in [1.54, 1.807) is 0 Å². The van der Waals surface area contributed by atoms with Gasteiger partial charge < -0.3 is 10.2 Å². The van der Waals surface area contributed by atoms with E-state index in [9.17, 15) is 10.2 Å². The Labute approximate surface area is 145 Å². The van der Waals surface area contributed by atoms with E-state index in [-0.39, 0.29) is 11.5 Å². The van der Waals surface area contributed by atoms with Crippen molar-refractivity contribution in [1.29, 1.82) is 0 Å². The van der Waals surface area contributed by atoms with Crippen LogP contribution in [0.2, 0.25) is 0 Å². The number of fused-ring (bicyclic) bond motifs is 5. The number of rotatable bonds is 1. The first-order chi connectivity index (χ1) is 11.4. The molecule has 0 saturated heterocycles. The number of aliphatic hydroxyl groups excluding tert-OH is 1. The zero-order valence-corrected chi connectivity index (χ0v) is 15.1. The summed E-state index contributed by atoms with van der Waals surface area (Å²) >= 11 is 0. The van der Waals surface area contributed by atoms with Gasteiger partial charge in [0.1, 0.15) is 5.75 Å². The van der Waals surface area contributed by atoms with Gasteiger partial charge in [-0.05, 0) is 84.6 Å². The molecule has 1 aromatic carbocycles. The largest absolute Gasteiger partial charge is 0.508 e. The quantitative estimate of drug-likeness (QED) is 0.728. The summed E-state index contributed by atoms with van der Waals surface area (Å²) in [7, 11) is 0. The molecule has 2 fully saturated rings. The molecule has 2 heteroatoms. The summed E-state index contributed by atoms with van der Waals surface area (Å²) in [5, 5.41) is 20.8. The van der Waals surface area contributed by atoms with Gasteiger partial charge in [-0.2, -0.15) is 0 Å². The van der Waals surface area contributed by atoms with Crippen LogP contribution in [0, 0.1) is 23.2 Å². The van der Waals surface area contributed by atoms with Crippen LogP contribution >= 0.6 is 0 Å². The average molecular weight is 326 g/mol. The van der Waals surface area contributed by atoms with Crippen molar-refractivity contribution < 1.29 is 10.2 Å². The minimum atomic E-state index is -0.257.